The van der Waals surface area contributed by atoms with Crippen LogP contribution in [0.15, 0.2) is 45.3 Å². The van der Waals surface area contributed by atoms with Gasteiger partial charge in [-0.3, -0.25) is 4.79 Å². The summed E-state index contributed by atoms with van der Waals surface area (Å²) in [5.41, 5.74) is 1.69. The molecule has 4 nitrogen and oxygen atoms in total. The van der Waals surface area contributed by atoms with Crippen LogP contribution >= 0.6 is 15.9 Å². The van der Waals surface area contributed by atoms with E-state index in [-0.39, 0.29) is 17.2 Å². The Balaban J connectivity index is 1.69. The van der Waals surface area contributed by atoms with Crippen LogP contribution in [-0.4, -0.2) is 15.6 Å². The Morgan fingerprint density at radius 3 is 2.70 bits per heavy atom. The number of ketones is 1. The number of carbonyl (C=O) groups is 1. The van der Waals surface area contributed by atoms with Crippen molar-refractivity contribution in [3.63, 3.8) is 0 Å². The zero-order valence-electron chi connectivity index (χ0n) is 16.1. The van der Waals surface area contributed by atoms with Gasteiger partial charge in [-0.05, 0) is 36.2 Å². The van der Waals surface area contributed by atoms with Gasteiger partial charge in [0.2, 0.25) is 0 Å². The smallest absolute Gasteiger partial charge is 0.187 e. The summed E-state index contributed by atoms with van der Waals surface area (Å²) in [5.74, 6) is -1.19. The van der Waals surface area contributed by atoms with Gasteiger partial charge in [-0.15, -0.1) is 0 Å². The minimum atomic E-state index is -0.753. The lowest BCUT2D eigenvalue weighted by Crippen LogP contribution is -2.13. The van der Waals surface area contributed by atoms with E-state index in [1.54, 1.807) is 6.07 Å². The van der Waals surface area contributed by atoms with Gasteiger partial charge in [-0.2, -0.15) is 5.10 Å². The highest BCUT2D eigenvalue weighted by Crippen LogP contribution is 2.36. The molecule has 5 rings (SSSR count). The van der Waals surface area contributed by atoms with Crippen molar-refractivity contribution in [3.8, 4) is 5.69 Å². The van der Waals surface area contributed by atoms with Crippen molar-refractivity contribution in [2.45, 2.75) is 38.5 Å². The lowest BCUT2D eigenvalue weighted by atomic mass is 9.85. The molecule has 154 valence electrons. The zero-order chi connectivity index (χ0) is 20.8. The van der Waals surface area contributed by atoms with Crippen LogP contribution in [0.3, 0.4) is 0 Å². The third-order valence-corrected chi connectivity index (χ3v) is 6.35. The first-order chi connectivity index (χ1) is 14.5. The fourth-order valence-corrected chi connectivity index (χ4v) is 4.72. The number of furan rings is 1. The van der Waals surface area contributed by atoms with Crippen LogP contribution in [0.4, 0.5) is 8.78 Å². The second kappa shape index (κ2) is 7.61. The standard InChI is InChI=1S/C23H19BrF2N2O2/c24-14-6-8-16-20(11-14)30-23-21(19(29)10-13-4-2-1-3-5-13)27-28(22(16)23)18-9-7-15(25)12-17(18)26/h6-9,11-13H,1-5,10H2. The molecule has 0 N–H and O–H groups in total. The summed E-state index contributed by atoms with van der Waals surface area (Å²) in [6.07, 6.45) is 5.97. The molecule has 7 heteroatoms. The molecule has 2 aromatic heterocycles. The Hall–Kier alpha value is -2.54. The zero-order valence-corrected chi connectivity index (χ0v) is 17.7. The fraction of sp³-hybridized carbons (Fsp3) is 0.304. The maximum Gasteiger partial charge on any atom is 0.187 e. The van der Waals surface area contributed by atoms with Crippen LogP contribution in [0.25, 0.3) is 27.8 Å². The van der Waals surface area contributed by atoms with Crippen LogP contribution < -0.4 is 0 Å². The van der Waals surface area contributed by atoms with Crippen molar-refractivity contribution in [2.24, 2.45) is 5.92 Å². The molecule has 0 amide bonds. The quantitative estimate of drug-likeness (QED) is 0.301. The van der Waals surface area contributed by atoms with E-state index in [1.165, 1.54) is 23.2 Å². The maximum atomic E-state index is 14.6. The molecule has 2 aromatic carbocycles. The molecule has 0 bridgehead atoms. The van der Waals surface area contributed by atoms with Crippen LogP contribution in [0, 0.1) is 17.6 Å². The van der Waals surface area contributed by atoms with E-state index in [0.29, 0.717) is 34.4 Å². The number of Topliss-reactive ketones (excluding diaryl/α,β-unsaturated/α-hetero) is 1. The van der Waals surface area contributed by atoms with Gasteiger partial charge in [-0.25, -0.2) is 13.5 Å². The van der Waals surface area contributed by atoms with Gasteiger partial charge < -0.3 is 4.42 Å². The molecule has 1 fully saturated rings. The van der Waals surface area contributed by atoms with Crippen molar-refractivity contribution >= 4 is 43.8 Å². The molecule has 0 atom stereocenters. The van der Waals surface area contributed by atoms with Crippen molar-refractivity contribution in [1.29, 1.82) is 0 Å². The van der Waals surface area contributed by atoms with Gasteiger partial charge in [0.1, 0.15) is 22.6 Å². The van der Waals surface area contributed by atoms with E-state index >= 15 is 0 Å². The Morgan fingerprint density at radius 2 is 1.93 bits per heavy atom. The van der Waals surface area contributed by atoms with E-state index in [2.05, 4.69) is 21.0 Å². The molecule has 4 aromatic rings. The third-order valence-electron chi connectivity index (χ3n) is 5.85. The molecule has 0 saturated heterocycles. The highest BCUT2D eigenvalue weighted by molar-refractivity contribution is 9.10. The van der Waals surface area contributed by atoms with E-state index < -0.39 is 11.6 Å². The predicted octanol–water partition coefficient (Wildman–Crippen LogP) is 6.97. The largest absolute Gasteiger partial charge is 0.452 e. The van der Waals surface area contributed by atoms with Crippen LogP contribution in [0.2, 0.25) is 0 Å². The van der Waals surface area contributed by atoms with Crippen molar-refractivity contribution in [1.82, 2.24) is 9.78 Å². The van der Waals surface area contributed by atoms with E-state index in [4.69, 9.17) is 4.42 Å². The molecular formula is C23H19BrF2N2O2. The average molecular weight is 473 g/mol. The normalized spacial score (nSPS) is 15.3. The van der Waals surface area contributed by atoms with E-state index in [0.717, 1.165) is 36.2 Å². The number of benzene rings is 2. The lowest BCUT2D eigenvalue weighted by molar-refractivity contribution is 0.0945. The molecule has 1 aliphatic rings. The summed E-state index contributed by atoms with van der Waals surface area (Å²) < 4.78 is 36.3. The number of hydrogen-bond donors (Lipinski definition) is 0. The number of carbonyl (C=O) groups excluding carboxylic acids is 1. The third kappa shape index (κ3) is 3.35. The van der Waals surface area contributed by atoms with Crippen molar-refractivity contribution < 1.29 is 18.0 Å². The predicted molar refractivity (Wildman–Crippen MR) is 114 cm³/mol. The second-order valence-electron chi connectivity index (χ2n) is 7.91. The van der Waals surface area contributed by atoms with E-state index in [1.807, 2.05) is 12.1 Å². The van der Waals surface area contributed by atoms with Crippen LogP contribution in [0.5, 0.6) is 0 Å². The Bertz CT molecular complexity index is 1270. The first-order valence-electron chi connectivity index (χ1n) is 10.1. The minimum absolute atomic E-state index is 0.0729. The van der Waals surface area contributed by atoms with Crippen molar-refractivity contribution in [3.05, 3.63) is 58.2 Å². The Kier molecular flexibility index (Phi) is 4.93. The highest BCUT2D eigenvalue weighted by atomic mass is 79.9. The highest BCUT2D eigenvalue weighted by Gasteiger charge is 2.27. The van der Waals surface area contributed by atoms with Gasteiger partial charge in [-0.1, -0.05) is 48.0 Å². The summed E-state index contributed by atoms with van der Waals surface area (Å²) in [7, 11) is 0. The van der Waals surface area contributed by atoms with Crippen LogP contribution in [-0.2, 0) is 0 Å². The number of fused-ring (bicyclic) bond motifs is 3. The molecule has 0 unspecified atom stereocenters. The van der Waals surface area contributed by atoms with Gasteiger partial charge in [0.25, 0.3) is 0 Å². The Labute approximate surface area is 180 Å². The molecule has 0 spiro atoms. The molecule has 2 heterocycles. The molecule has 1 aliphatic carbocycles. The molecule has 0 radical (unpaired) electrons. The monoisotopic (exact) mass is 472 g/mol. The second-order valence-corrected chi connectivity index (χ2v) is 8.82. The van der Waals surface area contributed by atoms with Gasteiger partial charge >= 0.3 is 0 Å². The summed E-state index contributed by atoms with van der Waals surface area (Å²) in [6.45, 7) is 0. The van der Waals surface area contributed by atoms with Crippen molar-refractivity contribution in [2.75, 3.05) is 0 Å². The number of nitrogens with zero attached hydrogens (tertiary/aromatic N) is 2. The number of rotatable bonds is 4. The molecular weight excluding hydrogens is 454 g/mol. The molecule has 30 heavy (non-hydrogen) atoms. The average Bonchev–Trinajstić information content (AvgIpc) is 3.25. The van der Waals surface area contributed by atoms with E-state index in [9.17, 15) is 13.6 Å². The summed E-state index contributed by atoms with van der Waals surface area (Å²) in [5, 5.41) is 5.16. The number of aromatic nitrogens is 2. The fourth-order valence-electron chi connectivity index (χ4n) is 4.38. The number of halogens is 3. The first kappa shape index (κ1) is 19.4. The van der Waals surface area contributed by atoms with Crippen LogP contribution in [0.1, 0.15) is 49.0 Å². The Morgan fingerprint density at radius 1 is 1.13 bits per heavy atom. The minimum Gasteiger partial charge on any atom is -0.452 e. The van der Waals surface area contributed by atoms with Gasteiger partial charge in [0.15, 0.2) is 22.9 Å². The number of hydrogen-bond acceptors (Lipinski definition) is 3. The first-order valence-corrected chi connectivity index (χ1v) is 10.9. The van der Waals surface area contributed by atoms with Gasteiger partial charge in [0.05, 0.1) is 0 Å². The summed E-state index contributed by atoms with van der Waals surface area (Å²) >= 11 is 3.42. The van der Waals surface area contributed by atoms with Gasteiger partial charge in [0, 0.05) is 22.3 Å². The summed E-state index contributed by atoms with van der Waals surface area (Å²) in [4.78, 5) is 13.2. The lowest BCUT2D eigenvalue weighted by Gasteiger charge is -2.20. The molecule has 0 aliphatic heterocycles. The summed E-state index contributed by atoms with van der Waals surface area (Å²) in [6, 6.07) is 8.79. The SMILES string of the molecule is O=C(CC1CCCCC1)c1nn(-c2ccc(F)cc2F)c2c1oc1cc(Br)ccc12. The molecule has 1 saturated carbocycles. The topological polar surface area (TPSA) is 48.0 Å². The maximum absolute atomic E-state index is 14.6.